The molecule has 0 radical (unpaired) electrons. The number of nitrogens with zero attached hydrogens (tertiary/aromatic N) is 1. The first-order valence-electron chi connectivity index (χ1n) is 5.81. The molecule has 0 saturated carbocycles. The number of likely N-dealkylation sites (tertiary alicyclic amines) is 1. The molecule has 15 heavy (non-hydrogen) atoms. The van der Waals surface area contributed by atoms with Crippen molar-refractivity contribution >= 4 is 5.78 Å². The van der Waals surface area contributed by atoms with Gasteiger partial charge in [-0.2, -0.15) is 0 Å². The lowest BCUT2D eigenvalue weighted by Crippen LogP contribution is -2.27. The standard InChI is InChI=1S/C10H19N.C3H6O/c1-4-5-10-6-7-11(8-10)9(2)3;1-3(2)4/h4-5,9-10H,6-8H2,1-3H3;1-2H3/b5-4-;. The van der Waals surface area contributed by atoms with Crippen LogP contribution in [0.1, 0.15) is 41.0 Å². The quantitative estimate of drug-likeness (QED) is 0.655. The van der Waals surface area contributed by atoms with Crippen molar-refractivity contribution in [1.29, 1.82) is 0 Å². The predicted molar refractivity (Wildman–Crippen MR) is 66.0 cm³/mol. The maximum Gasteiger partial charge on any atom is 0.126 e. The van der Waals surface area contributed by atoms with Crippen LogP contribution in [0.3, 0.4) is 0 Å². The molecule has 1 unspecified atom stereocenters. The van der Waals surface area contributed by atoms with Gasteiger partial charge in [0, 0.05) is 12.6 Å². The Hall–Kier alpha value is -0.630. The second kappa shape index (κ2) is 7.63. The van der Waals surface area contributed by atoms with E-state index < -0.39 is 0 Å². The third kappa shape index (κ3) is 7.32. The lowest BCUT2D eigenvalue weighted by molar-refractivity contribution is -0.114. The summed E-state index contributed by atoms with van der Waals surface area (Å²) >= 11 is 0. The molecule has 1 fully saturated rings. The van der Waals surface area contributed by atoms with E-state index in [0.717, 1.165) is 12.0 Å². The van der Waals surface area contributed by atoms with Gasteiger partial charge in [-0.1, -0.05) is 12.2 Å². The summed E-state index contributed by atoms with van der Waals surface area (Å²) in [6.45, 7) is 12.3. The molecular weight excluding hydrogens is 186 g/mol. The van der Waals surface area contributed by atoms with E-state index >= 15 is 0 Å². The zero-order valence-electron chi connectivity index (χ0n) is 10.8. The van der Waals surface area contributed by atoms with Gasteiger partial charge in [0.2, 0.25) is 0 Å². The average Bonchev–Trinajstić information content (AvgIpc) is 2.52. The summed E-state index contributed by atoms with van der Waals surface area (Å²) < 4.78 is 0. The number of hydrogen-bond donors (Lipinski definition) is 0. The van der Waals surface area contributed by atoms with Gasteiger partial charge in [-0.25, -0.2) is 0 Å². The number of Topliss-reactive ketones (excluding diaryl/α,β-unsaturated/α-hetero) is 1. The molecule has 0 spiro atoms. The van der Waals surface area contributed by atoms with E-state index in [1.54, 1.807) is 0 Å². The van der Waals surface area contributed by atoms with Crippen molar-refractivity contribution in [3.8, 4) is 0 Å². The topological polar surface area (TPSA) is 20.3 Å². The first-order valence-corrected chi connectivity index (χ1v) is 5.81. The minimum Gasteiger partial charge on any atom is -0.300 e. The molecule has 0 N–H and O–H groups in total. The van der Waals surface area contributed by atoms with Gasteiger partial charge in [-0.3, -0.25) is 0 Å². The Morgan fingerprint density at radius 3 is 2.27 bits per heavy atom. The molecule has 1 saturated heterocycles. The Kier molecular flexibility index (Phi) is 7.31. The van der Waals surface area contributed by atoms with Crippen LogP contribution in [0, 0.1) is 5.92 Å². The van der Waals surface area contributed by atoms with Gasteiger partial charge in [0.1, 0.15) is 5.78 Å². The van der Waals surface area contributed by atoms with Gasteiger partial charge >= 0.3 is 0 Å². The van der Waals surface area contributed by atoms with Crippen molar-refractivity contribution < 1.29 is 4.79 Å². The molecule has 1 atom stereocenters. The van der Waals surface area contributed by atoms with E-state index in [1.165, 1.54) is 33.4 Å². The fourth-order valence-electron chi connectivity index (χ4n) is 1.71. The number of carbonyl (C=O) groups is 1. The zero-order chi connectivity index (χ0) is 11.8. The van der Waals surface area contributed by atoms with E-state index in [4.69, 9.17) is 0 Å². The van der Waals surface area contributed by atoms with Gasteiger partial charge in [0.25, 0.3) is 0 Å². The Balaban J connectivity index is 0.000000423. The van der Waals surface area contributed by atoms with Gasteiger partial charge in [-0.05, 0) is 53.5 Å². The van der Waals surface area contributed by atoms with Crippen molar-refractivity contribution in [2.45, 2.75) is 47.1 Å². The molecule has 0 aliphatic carbocycles. The Morgan fingerprint density at radius 2 is 1.93 bits per heavy atom. The number of carbonyl (C=O) groups excluding carboxylic acids is 1. The van der Waals surface area contributed by atoms with Gasteiger partial charge in [0.05, 0.1) is 0 Å². The highest BCUT2D eigenvalue weighted by atomic mass is 16.1. The number of ketones is 1. The molecule has 1 aliphatic heterocycles. The Morgan fingerprint density at radius 1 is 1.40 bits per heavy atom. The molecule has 0 bridgehead atoms. The van der Waals surface area contributed by atoms with Crippen LogP contribution in [-0.4, -0.2) is 29.8 Å². The number of hydrogen-bond acceptors (Lipinski definition) is 2. The lowest BCUT2D eigenvalue weighted by Gasteiger charge is -2.19. The van der Waals surface area contributed by atoms with E-state index in [0.29, 0.717) is 0 Å². The largest absolute Gasteiger partial charge is 0.300 e. The Bertz CT molecular complexity index is 205. The van der Waals surface area contributed by atoms with E-state index in [-0.39, 0.29) is 5.78 Å². The molecule has 2 nitrogen and oxygen atoms in total. The second-order valence-electron chi connectivity index (χ2n) is 4.57. The minimum atomic E-state index is 0.167. The minimum absolute atomic E-state index is 0.167. The third-order valence-corrected chi connectivity index (χ3v) is 2.45. The molecule has 1 heterocycles. The third-order valence-electron chi connectivity index (χ3n) is 2.45. The van der Waals surface area contributed by atoms with Crippen LogP contribution in [0.25, 0.3) is 0 Å². The van der Waals surface area contributed by atoms with E-state index in [1.807, 2.05) is 0 Å². The molecule has 0 amide bonds. The normalized spacial score (nSPS) is 21.9. The summed E-state index contributed by atoms with van der Waals surface area (Å²) in [5, 5.41) is 0. The second-order valence-corrected chi connectivity index (χ2v) is 4.57. The fourth-order valence-corrected chi connectivity index (χ4v) is 1.71. The fraction of sp³-hybridized carbons (Fsp3) is 0.769. The van der Waals surface area contributed by atoms with Gasteiger partial charge in [-0.15, -0.1) is 0 Å². The first kappa shape index (κ1) is 14.4. The summed E-state index contributed by atoms with van der Waals surface area (Å²) in [5.74, 6) is 0.988. The van der Waals surface area contributed by atoms with Crippen molar-refractivity contribution in [2.75, 3.05) is 13.1 Å². The van der Waals surface area contributed by atoms with E-state index in [2.05, 4.69) is 37.8 Å². The van der Waals surface area contributed by atoms with Gasteiger partial charge < -0.3 is 9.69 Å². The molecule has 0 aromatic carbocycles. The molecule has 1 aliphatic rings. The summed E-state index contributed by atoms with van der Waals surface area (Å²) in [5.41, 5.74) is 0. The van der Waals surface area contributed by atoms with Crippen molar-refractivity contribution in [3.05, 3.63) is 12.2 Å². The highest BCUT2D eigenvalue weighted by Crippen LogP contribution is 2.19. The van der Waals surface area contributed by atoms with Crippen LogP contribution in [0.2, 0.25) is 0 Å². The van der Waals surface area contributed by atoms with Crippen LogP contribution < -0.4 is 0 Å². The van der Waals surface area contributed by atoms with Crippen LogP contribution in [0.4, 0.5) is 0 Å². The molecule has 2 heteroatoms. The molecule has 0 aromatic rings. The zero-order valence-corrected chi connectivity index (χ0v) is 10.8. The van der Waals surface area contributed by atoms with Crippen molar-refractivity contribution in [2.24, 2.45) is 5.92 Å². The van der Waals surface area contributed by atoms with Crippen LogP contribution in [0.5, 0.6) is 0 Å². The van der Waals surface area contributed by atoms with Crippen LogP contribution in [0.15, 0.2) is 12.2 Å². The van der Waals surface area contributed by atoms with Crippen molar-refractivity contribution in [3.63, 3.8) is 0 Å². The Labute approximate surface area is 94.4 Å². The maximum atomic E-state index is 9.44. The van der Waals surface area contributed by atoms with Gasteiger partial charge in [0.15, 0.2) is 0 Å². The molecule has 0 aromatic heterocycles. The molecule has 1 rings (SSSR count). The summed E-state index contributed by atoms with van der Waals surface area (Å²) in [4.78, 5) is 12.0. The highest BCUT2D eigenvalue weighted by Gasteiger charge is 2.21. The predicted octanol–water partition coefficient (Wildman–Crippen LogP) is 2.89. The molecular formula is C13H25NO. The monoisotopic (exact) mass is 211 g/mol. The number of rotatable bonds is 2. The average molecular weight is 211 g/mol. The van der Waals surface area contributed by atoms with Crippen LogP contribution in [-0.2, 0) is 4.79 Å². The lowest BCUT2D eigenvalue weighted by atomic mass is 10.1. The van der Waals surface area contributed by atoms with Crippen molar-refractivity contribution in [1.82, 2.24) is 4.90 Å². The summed E-state index contributed by atoms with van der Waals surface area (Å²) in [7, 11) is 0. The van der Waals surface area contributed by atoms with E-state index in [9.17, 15) is 4.79 Å². The maximum absolute atomic E-state index is 9.44. The smallest absolute Gasteiger partial charge is 0.126 e. The highest BCUT2D eigenvalue weighted by molar-refractivity contribution is 5.72. The molecule has 88 valence electrons. The summed E-state index contributed by atoms with van der Waals surface area (Å²) in [6, 6.07) is 0.727. The summed E-state index contributed by atoms with van der Waals surface area (Å²) in [6.07, 6.45) is 5.86. The SMILES string of the molecule is C/C=C\C1CCN(C(C)C)C1.CC(C)=O. The first-order chi connectivity index (χ1) is 6.97. The van der Waals surface area contributed by atoms with Crippen LogP contribution >= 0.6 is 0 Å². The number of allylic oxidation sites excluding steroid dienone is 1.